The molecule has 6 nitrogen and oxygen atoms in total. The van der Waals surface area contributed by atoms with E-state index in [0.717, 1.165) is 10.7 Å². The zero-order valence-corrected chi connectivity index (χ0v) is 19.1. The van der Waals surface area contributed by atoms with Crippen LogP contribution in [0.5, 0.6) is 5.75 Å². The van der Waals surface area contributed by atoms with Gasteiger partial charge in [0.2, 0.25) is 4.96 Å². The summed E-state index contributed by atoms with van der Waals surface area (Å²) in [5, 5.41) is 9.32. The monoisotopic (exact) mass is 452 g/mol. The van der Waals surface area contributed by atoms with E-state index < -0.39 is 0 Å². The van der Waals surface area contributed by atoms with Crippen LogP contribution >= 0.6 is 11.3 Å². The molecule has 0 aliphatic carbocycles. The molecule has 0 radical (unpaired) electrons. The maximum atomic E-state index is 13.5. The first kappa shape index (κ1) is 22.0. The fourth-order valence-electron chi connectivity index (χ4n) is 3.23. The number of carbonyl (C=O) groups is 1. The Hall–Kier alpha value is -3.26. The molecule has 0 spiro atoms. The van der Waals surface area contributed by atoms with E-state index in [2.05, 4.69) is 36.2 Å². The number of hydrogen-bond donors (Lipinski definition) is 1. The Kier molecular flexibility index (Phi) is 6.23. The number of aromatic nitrogens is 3. The van der Waals surface area contributed by atoms with Crippen molar-refractivity contribution >= 4 is 22.2 Å². The van der Waals surface area contributed by atoms with E-state index in [1.54, 1.807) is 16.6 Å². The number of fused-ring (bicyclic) bond motifs is 1. The van der Waals surface area contributed by atoms with E-state index in [1.165, 1.54) is 29.0 Å². The van der Waals surface area contributed by atoms with Gasteiger partial charge < -0.3 is 10.1 Å². The normalized spacial score (nSPS) is 11.6. The highest BCUT2D eigenvalue weighted by molar-refractivity contribution is 7.15. The van der Waals surface area contributed by atoms with Crippen LogP contribution in [0.25, 0.3) is 16.3 Å². The number of thiazole rings is 1. The number of halogens is 1. The van der Waals surface area contributed by atoms with Crippen molar-refractivity contribution in [3.05, 3.63) is 71.0 Å². The zero-order chi connectivity index (χ0) is 22.7. The minimum absolute atomic E-state index is 0.0407. The number of benzene rings is 2. The van der Waals surface area contributed by atoms with E-state index in [1.807, 2.05) is 29.6 Å². The molecule has 32 heavy (non-hydrogen) atoms. The first-order valence-corrected chi connectivity index (χ1v) is 11.3. The predicted molar refractivity (Wildman–Crippen MR) is 124 cm³/mol. The summed E-state index contributed by atoms with van der Waals surface area (Å²) in [6.45, 7) is 6.87. The summed E-state index contributed by atoms with van der Waals surface area (Å²) in [6, 6.07) is 14.0. The molecule has 0 saturated carbocycles. The van der Waals surface area contributed by atoms with Crippen LogP contribution in [0, 0.1) is 5.82 Å². The van der Waals surface area contributed by atoms with Crippen LogP contribution in [-0.2, 0) is 16.6 Å². The van der Waals surface area contributed by atoms with Crippen molar-refractivity contribution < 1.29 is 13.9 Å². The molecule has 2 aromatic heterocycles. The summed E-state index contributed by atoms with van der Waals surface area (Å²) in [6.07, 6.45) is 0.595. The molecule has 0 saturated heterocycles. The van der Waals surface area contributed by atoms with Crippen LogP contribution in [0.4, 0.5) is 4.39 Å². The Morgan fingerprint density at radius 3 is 2.69 bits per heavy atom. The summed E-state index contributed by atoms with van der Waals surface area (Å²) in [7, 11) is 0. The summed E-state index contributed by atoms with van der Waals surface area (Å²) in [4.78, 5) is 17.3. The first-order chi connectivity index (χ1) is 15.3. The molecule has 0 aliphatic heterocycles. The highest BCUT2D eigenvalue weighted by atomic mass is 32.1. The number of hydrogen-bond acceptors (Lipinski definition) is 5. The number of nitrogens with one attached hydrogen (secondary N) is 1. The molecule has 0 bridgehead atoms. The Labute approximate surface area is 190 Å². The molecule has 0 atom stereocenters. The average molecular weight is 453 g/mol. The maximum absolute atomic E-state index is 13.5. The van der Waals surface area contributed by atoms with Gasteiger partial charge >= 0.3 is 0 Å². The molecule has 4 rings (SSSR count). The fraction of sp³-hybridized carbons (Fsp3) is 0.292. The lowest BCUT2D eigenvalue weighted by Gasteiger charge is -2.19. The third-order valence-electron chi connectivity index (χ3n) is 5.03. The average Bonchev–Trinajstić information content (AvgIpc) is 3.34. The van der Waals surface area contributed by atoms with Crippen molar-refractivity contribution in [2.45, 2.75) is 32.6 Å². The maximum Gasteiger partial charge on any atom is 0.257 e. The third-order valence-corrected chi connectivity index (χ3v) is 5.89. The second kappa shape index (κ2) is 9.08. The number of nitrogens with zero attached hydrogens (tertiary/aromatic N) is 3. The van der Waals surface area contributed by atoms with Crippen LogP contribution in [0.15, 0.2) is 53.9 Å². The second-order valence-electron chi connectivity index (χ2n) is 8.53. The summed E-state index contributed by atoms with van der Waals surface area (Å²) < 4.78 is 20.8. The van der Waals surface area contributed by atoms with Gasteiger partial charge in [-0.25, -0.2) is 8.91 Å². The minimum Gasteiger partial charge on any atom is -0.484 e. The van der Waals surface area contributed by atoms with Crippen molar-refractivity contribution in [1.29, 1.82) is 0 Å². The van der Waals surface area contributed by atoms with E-state index >= 15 is 0 Å². The predicted octanol–water partition coefficient (Wildman–Crippen LogP) is 4.63. The lowest BCUT2D eigenvalue weighted by molar-refractivity contribution is -0.123. The van der Waals surface area contributed by atoms with Crippen molar-refractivity contribution in [2.75, 3.05) is 13.2 Å². The van der Waals surface area contributed by atoms with Crippen molar-refractivity contribution in [3.8, 4) is 17.1 Å². The summed E-state index contributed by atoms with van der Waals surface area (Å²) >= 11 is 1.46. The molecule has 2 aromatic carbocycles. The van der Waals surface area contributed by atoms with Gasteiger partial charge in [0.25, 0.3) is 5.91 Å². The first-order valence-electron chi connectivity index (χ1n) is 10.4. The molecule has 0 fully saturated rings. The summed E-state index contributed by atoms with van der Waals surface area (Å²) in [5.41, 5.74) is 2.85. The Morgan fingerprint density at radius 2 is 1.97 bits per heavy atom. The topological polar surface area (TPSA) is 68.5 Å². The molecular formula is C24H25FN4O2S. The van der Waals surface area contributed by atoms with Gasteiger partial charge in [0, 0.05) is 23.9 Å². The molecule has 2 heterocycles. The quantitative estimate of drug-likeness (QED) is 0.444. The molecule has 166 valence electrons. The van der Waals surface area contributed by atoms with E-state index in [9.17, 15) is 9.18 Å². The molecule has 4 aromatic rings. The van der Waals surface area contributed by atoms with Crippen LogP contribution in [-0.4, -0.2) is 33.7 Å². The number of ether oxygens (including phenoxy) is 1. The lowest BCUT2D eigenvalue weighted by Crippen LogP contribution is -2.30. The van der Waals surface area contributed by atoms with Gasteiger partial charge in [-0.3, -0.25) is 4.79 Å². The van der Waals surface area contributed by atoms with Crippen LogP contribution in [0.3, 0.4) is 0 Å². The van der Waals surface area contributed by atoms with Gasteiger partial charge in [-0.15, -0.1) is 16.4 Å². The minimum atomic E-state index is -0.323. The second-order valence-corrected chi connectivity index (χ2v) is 9.37. The van der Waals surface area contributed by atoms with Gasteiger partial charge in [-0.1, -0.05) is 45.0 Å². The van der Waals surface area contributed by atoms with E-state index in [0.29, 0.717) is 30.1 Å². The number of rotatable bonds is 7. The van der Waals surface area contributed by atoms with Crippen molar-refractivity contribution in [1.82, 2.24) is 19.9 Å². The van der Waals surface area contributed by atoms with Gasteiger partial charge in [0.15, 0.2) is 12.4 Å². The Bertz CT molecular complexity index is 1230. The smallest absolute Gasteiger partial charge is 0.257 e. The number of amides is 1. The number of carbonyl (C=O) groups excluding carboxylic acids is 1. The molecule has 8 heteroatoms. The van der Waals surface area contributed by atoms with Crippen molar-refractivity contribution in [2.24, 2.45) is 0 Å². The van der Waals surface area contributed by atoms with Gasteiger partial charge in [0.05, 0.1) is 5.69 Å². The largest absolute Gasteiger partial charge is 0.484 e. The van der Waals surface area contributed by atoms with E-state index in [4.69, 9.17) is 4.74 Å². The highest BCUT2D eigenvalue weighted by Crippen LogP contribution is 2.24. The molecule has 0 unspecified atom stereocenters. The van der Waals surface area contributed by atoms with Gasteiger partial charge in [-0.2, -0.15) is 4.98 Å². The van der Waals surface area contributed by atoms with Gasteiger partial charge in [0.1, 0.15) is 11.6 Å². The zero-order valence-electron chi connectivity index (χ0n) is 18.3. The van der Waals surface area contributed by atoms with Gasteiger partial charge in [-0.05, 0) is 35.2 Å². The fourth-order valence-corrected chi connectivity index (χ4v) is 4.08. The summed E-state index contributed by atoms with van der Waals surface area (Å²) in [5.74, 6) is 0.638. The standard InChI is InChI=1S/C24H25FN4O2S/c1-24(2,3)17-7-9-20(10-8-17)31-14-21(30)26-12-11-19-15-32-23-27-22(28-29(19)23)16-5-4-6-18(25)13-16/h4-10,13,15H,11-12,14H2,1-3H3,(H,26,30). The highest BCUT2D eigenvalue weighted by Gasteiger charge is 2.14. The lowest BCUT2D eigenvalue weighted by atomic mass is 9.87. The van der Waals surface area contributed by atoms with Crippen LogP contribution < -0.4 is 10.1 Å². The molecular weight excluding hydrogens is 427 g/mol. The SMILES string of the molecule is CC(C)(C)c1ccc(OCC(=O)NCCc2csc3nc(-c4cccc(F)c4)nn23)cc1. The van der Waals surface area contributed by atoms with Crippen molar-refractivity contribution in [3.63, 3.8) is 0 Å². The van der Waals surface area contributed by atoms with Crippen LogP contribution in [0.2, 0.25) is 0 Å². The third kappa shape index (κ3) is 5.13. The molecule has 0 aliphatic rings. The van der Waals surface area contributed by atoms with Crippen LogP contribution in [0.1, 0.15) is 32.0 Å². The Balaban J connectivity index is 1.29. The molecule has 1 N–H and O–H groups in total. The van der Waals surface area contributed by atoms with E-state index in [-0.39, 0.29) is 23.7 Å². The molecule has 1 amide bonds. The Morgan fingerprint density at radius 1 is 1.19 bits per heavy atom.